The molecule has 1 aliphatic rings. The molecule has 0 bridgehead atoms. The maximum atomic E-state index is 13.1. The molecule has 30 heavy (non-hydrogen) atoms. The van der Waals surface area contributed by atoms with Crippen molar-refractivity contribution in [2.45, 2.75) is 6.92 Å². The monoisotopic (exact) mass is 433 g/mol. The SMILES string of the molecule is CCOc1cc(/C=C2\N=C(c3ccc(F)cc3)OC2=O)cc(Cl)c1OCC(=O)OC. The molecule has 1 aliphatic heterocycles. The minimum Gasteiger partial charge on any atom is -0.490 e. The first-order valence-electron chi connectivity index (χ1n) is 8.85. The topological polar surface area (TPSA) is 83.4 Å². The van der Waals surface area contributed by atoms with E-state index in [1.54, 1.807) is 13.0 Å². The number of rotatable bonds is 7. The zero-order valence-electron chi connectivity index (χ0n) is 16.1. The van der Waals surface area contributed by atoms with Crippen molar-refractivity contribution in [3.8, 4) is 11.5 Å². The average molecular weight is 434 g/mol. The van der Waals surface area contributed by atoms with Crippen molar-refractivity contribution in [2.24, 2.45) is 4.99 Å². The Labute approximate surface area is 176 Å². The molecule has 0 radical (unpaired) electrons. The standard InChI is InChI=1S/C21H17ClFNO6/c1-3-28-17-10-12(8-15(22)19(17)29-11-18(25)27-2)9-16-21(26)30-20(24-16)13-4-6-14(23)7-5-13/h4-10H,3,11H2,1-2H3/b16-9-. The molecule has 0 spiro atoms. The van der Waals surface area contributed by atoms with E-state index in [0.717, 1.165) is 0 Å². The number of methoxy groups -OCH3 is 1. The summed E-state index contributed by atoms with van der Waals surface area (Å²) in [4.78, 5) is 27.7. The van der Waals surface area contributed by atoms with Gasteiger partial charge in [0.15, 0.2) is 23.8 Å². The van der Waals surface area contributed by atoms with Gasteiger partial charge in [-0.15, -0.1) is 0 Å². The van der Waals surface area contributed by atoms with Crippen LogP contribution in [-0.2, 0) is 19.1 Å². The van der Waals surface area contributed by atoms with Crippen molar-refractivity contribution >= 4 is 35.5 Å². The van der Waals surface area contributed by atoms with E-state index in [9.17, 15) is 14.0 Å². The molecule has 0 fully saturated rings. The lowest BCUT2D eigenvalue weighted by Crippen LogP contribution is -2.13. The third kappa shape index (κ3) is 4.96. The van der Waals surface area contributed by atoms with Crippen molar-refractivity contribution in [1.29, 1.82) is 0 Å². The number of halogens is 2. The summed E-state index contributed by atoms with van der Waals surface area (Å²) < 4.78 is 33.7. The van der Waals surface area contributed by atoms with Gasteiger partial charge in [0.05, 0.1) is 18.7 Å². The normalized spacial score (nSPS) is 14.3. The number of esters is 2. The highest BCUT2D eigenvalue weighted by Crippen LogP contribution is 2.37. The lowest BCUT2D eigenvalue weighted by Gasteiger charge is -2.13. The molecule has 0 atom stereocenters. The summed E-state index contributed by atoms with van der Waals surface area (Å²) in [6, 6.07) is 8.53. The van der Waals surface area contributed by atoms with Crippen molar-refractivity contribution in [3.05, 3.63) is 64.1 Å². The number of carbonyl (C=O) groups excluding carboxylic acids is 2. The Bertz CT molecular complexity index is 1030. The summed E-state index contributed by atoms with van der Waals surface area (Å²) in [5, 5.41) is 0.172. The second-order valence-electron chi connectivity index (χ2n) is 5.97. The van der Waals surface area contributed by atoms with Gasteiger partial charge in [-0.2, -0.15) is 0 Å². The van der Waals surface area contributed by atoms with Crippen LogP contribution in [0.1, 0.15) is 18.1 Å². The molecule has 0 N–H and O–H groups in total. The van der Waals surface area contributed by atoms with Crippen LogP contribution in [0.25, 0.3) is 6.08 Å². The number of hydrogen-bond donors (Lipinski definition) is 0. The third-order valence-corrected chi connectivity index (χ3v) is 4.19. The average Bonchev–Trinajstić information content (AvgIpc) is 3.08. The first-order valence-corrected chi connectivity index (χ1v) is 9.23. The molecule has 7 nitrogen and oxygen atoms in total. The Morgan fingerprint density at radius 1 is 1.23 bits per heavy atom. The molecule has 9 heteroatoms. The van der Waals surface area contributed by atoms with Crippen molar-refractivity contribution in [3.63, 3.8) is 0 Å². The highest BCUT2D eigenvalue weighted by molar-refractivity contribution is 6.32. The zero-order chi connectivity index (χ0) is 21.7. The van der Waals surface area contributed by atoms with E-state index in [0.29, 0.717) is 17.7 Å². The van der Waals surface area contributed by atoms with E-state index < -0.39 is 17.8 Å². The van der Waals surface area contributed by atoms with Crippen LogP contribution in [0.2, 0.25) is 5.02 Å². The Balaban J connectivity index is 1.91. The number of ether oxygens (including phenoxy) is 4. The van der Waals surface area contributed by atoms with Crippen LogP contribution in [-0.4, -0.2) is 38.2 Å². The van der Waals surface area contributed by atoms with Crippen LogP contribution in [0.15, 0.2) is 47.1 Å². The molecule has 2 aromatic carbocycles. The van der Waals surface area contributed by atoms with Gasteiger partial charge in [0, 0.05) is 5.56 Å². The quantitative estimate of drug-likeness (QED) is 0.488. The Hall–Kier alpha value is -3.39. The third-order valence-electron chi connectivity index (χ3n) is 3.91. The van der Waals surface area contributed by atoms with Gasteiger partial charge in [-0.05, 0) is 55.0 Å². The summed E-state index contributed by atoms with van der Waals surface area (Å²) in [6.45, 7) is 1.75. The van der Waals surface area contributed by atoms with E-state index in [1.807, 2.05) is 0 Å². The van der Waals surface area contributed by atoms with Crippen LogP contribution in [0.4, 0.5) is 4.39 Å². The molecule has 1 heterocycles. The van der Waals surface area contributed by atoms with Gasteiger partial charge in [0.1, 0.15) is 5.82 Å². The van der Waals surface area contributed by atoms with Gasteiger partial charge in [0.2, 0.25) is 5.90 Å². The maximum absolute atomic E-state index is 13.1. The molecular formula is C21H17ClFNO6. The zero-order valence-corrected chi connectivity index (χ0v) is 16.9. The van der Waals surface area contributed by atoms with E-state index in [1.165, 1.54) is 43.5 Å². The molecule has 3 rings (SSSR count). The van der Waals surface area contributed by atoms with E-state index in [-0.39, 0.29) is 34.7 Å². The molecular weight excluding hydrogens is 417 g/mol. The van der Waals surface area contributed by atoms with Crippen molar-refractivity contribution < 1.29 is 32.9 Å². The summed E-state index contributed by atoms with van der Waals surface area (Å²) in [7, 11) is 1.24. The van der Waals surface area contributed by atoms with Crippen molar-refractivity contribution in [1.82, 2.24) is 0 Å². The maximum Gasteiger partial charge on any atom is 0.363 e. The smallest absolute Gasteiger partial charge is 0.363 e. The van der Waals surface area contributed by atoms with Gasteiger partial charge < -0.3 is 18.9 Å². The number of aliphatic imine (C=N–C) groups is 1. The predicted molar refractivity (Wildman–Crippen MR) is 107 cm³/mol. The Morgan fingerprint density at radius 2 is 1.97 bits per heavy atom. The minimum absolute atomic E-state index is 0.0380. The lowest BCUT2D eigenvalue weighted by molar-refractivity contribution is -0.143. The van der Waals surface area contributed by atoms with Gasteiger partial charge in [0.25, 0.3) is 0 Å². The second kappa shape index (κ2) is 9.41. The number of benzene rings is 2. The fraction of sp³-hybridized carbons (Fsp3) is 0.190. The van der Waals surface area contributed by atoms with Gasteiger partial charge in [-0.3, -0.25) is 0 Å². The minimum atomic E-state index is -0.658. The molecule has 0 unspecified atom stereocenters. The molecule has 0 aromatic heterocycles. The van der Waals surface area contributed by atoms with Crippen LogP contribution in [0.3, 0.4) is 0 Å². The lowest BCUT2D eigenvalue weighted by atomic mass is 10.1. The van der Waals surface area contributed by atoms with E-state index in [2.05, 4.69) is 9.73 Å². The van der Waals surface area contributed by atoms with Gasteiger partial charge in [-0.1, -0.05) is 11.6 Å². The van der Waals surface area contributed by atoms with Crippen LogP contribution in [0, 0.1) is 5.82 Å². The highest BCUT2D eigenvalue weighted by atomic mass is 35.5. The first kappa shape index (κ1) is 21.3. The molecule has 0 saturated heterocycles. The molecule has 0 aliphatic carbocycles. The van der Waals surface area contributed by atoms with Gasteiger partial charge in [-0.25, -0.2) is 19.0 Å². The highest BCUT2D eigenvalue weighted by Gasteiger charge is 2.24. The van der Waals surface area contributed by atoms with Gasteiger partial charge >= 0.3 is 11.9 Å². The summed E-state index contributed by atoms with van der Waals surface area (Å²) in [5.74, 6) is -1.11. The number of carbonyl (C=O) groups is 2. The Morgan fingerprint density at radius 3 is 2.63 bits per heavy atom. The van der Waals surface area contributed by atoms with Crippen LogP contribution in [0.5, 0.6) is 11.5 Å². The number of nitrogens with zero attached hydrogens (tertiary/aromatic N) is 1. The first-order chi connectivity index (χ1) is 14.4. The molecule has 2 aromatic rings. The second-order valence-corrected chi connectivity index (χ2v) is 6.38. The summed E-state index contributed by atoms with van der Waals surface area (Å²) in [5.41, 5.74) is 1.01. The fourth-order valence-electron chi connectivity index (χ4n) is 2.55. The summed E-state index contributed by atoms with van der Waals surface area (Å²) in [6.07, 6.45) is 1.47. The van der Waals surface area contributed by atoms with E-state index in [4.69, 9.17) is 25.8 Å². The fourth-order valence-corrected chi connectivity index (χ4v) is 2.82. The molecule has 0 amide bonds. The number of hydrogen-bond acceptors (Lipinski definition) is 7. The Kier molecular flexibility index (Phi) is 6.68. The van der Waals surface area contributed by atoms with Crippen LogP contribution >= 0.6 is 11.6 Å². The van der Waals surface area contributed by atoms with Crippen molar-refractivity contribution in [2.75, 3.05) is 20.3 Å². The van der Waals surface area contributed by atoms with Crippen LogP contribution < -0.4 is 9.47 Å². The molecule has 156 valence electrons. The summed E-state index contributed by atoms with van der Waals surface area (Å²) >= 11 is 6.28. The molecule has 0 saturated carbocycles. The van der Waals surface area contributed by atoms with E-state index >= 15 is 0 Å². The largest absolute Gasteiger partial charge is 0.490 e. The predicted octanol–water partition coefficient (Wildman–Crippen LogP) is 3.77. The number of cyclic esters (lactones) is 1.